The molecule has 13 heavy (non-hydrogen) atoms. The minimum absolute atomic E-state index is 0.708. The molecule has 1 aliphatic rings. The summed E-state index contributed by atoms with van der Waals surface area (Å²) in [6.07, 6.45) is 2.78. The average molecular weight is 185 g/mol. The first-order valence-corrected chi connectivity index (χ1v) is 5.44. The van der Waals surface area contributed by atoms with Crippen LogP contribution in [0.3, 0.4) is 0 Å². The Hall–Kier alpha value is -0.120. The van der Waals surface area contributed by atoms with Crippen molar-refractivity contribution in [2.24, 2.45) is 0 Å². The standard InChI is InChI=1S/C10H23N3/c1-10(9-12-6-5-11-2)13-7-3-4-8-13/h10-12H,3-9H2,1-2H3. The van der Waals surface area contributed by atoms with Crippen molar-refractivity contribution in [2.45, 2.75) is 25.8 Å². The molecule has 3 nitrogen and oxygen atoms in total. The van der Waals surface area contributed by atoms with Crippen molar-refractivity contribution < 1.29 is 0 Å². The van der Waals surface area contributed by atoms with Crippen molar-refractivity contribution >= 4 is 0 Å². The van der Waals surface area contributed by atoms with Gasteiger partial charge < -0.3 is 10.6 Å². The second-order valence-electron chi connectivity index (χ2n) is 3.90. The van der Waals surface area contributed by atoms with Crippen molar-refractivity contribution in [3.05, 3.63) is 0 Å². The Labute approximate surface area is 81.9 Å². The number of likely N-dealkylation sites (tertiary alicyclic amines) is 1. The van der Waals surface area contributed by atoms with E-state index in [1.54, 1.807) is 0 Å². The number of nitrogens with zero attached hydrogens (tertiary/aromatic N) is 1. The molecule has 0 aromatic carbocycles. The Balaban J connectivity index is 1.99. The molecule has 0 amide bonds. The highest BCUT2D eigenvalue weighted by Gasteiger charge is 2.16. The molecule has 0 spiro atoms. The Bertz CT molecular complexity index is 121. The van der Waals surface area contributed by atoms with Crippen LogP contribution < -0.4 is 10.6 Å². The third-order valence-corrected chi connectivity index (χ3v) is 2.76. The lowest BCUT2D eigenvalue weighted by atomic mass is 10.3. The van der Waals surface area contributed by atoms with Gasteiger partial charge in [-0.25, -0.2) is 0 Å². The van der Waals surface area contributed by atoms with Crippen LogP contribution in [0.5, 0.6) is 0 Å². The van der Waals surface area contributed by atoms with Crippen LogP contribution in [-0.2, 0) is 0 Å². The van der Waals surface area contributed by atoms with Crippen LogP contribution in [-0.4, -0.2) is 50.7 Å². The summed E-state index contributed by atoms with van der Waals surface area (Å²) in [5.74, 6) is 0. The summed E-state index contributed by atoms with van der Waals surface area (Å²) >= 11 is 0. The van der Waals surface area contributed by atoms with E-state index in [0.29, 0.717) is 6.04 Å². The van der Waals surface area contributed by atoms with E-state index in [1.165, 1.54) is 25.9 Å². The molecule has 0 bridgehead atoms. The van der Waals surface area contributed by atoms with E-state index in [-0.39, 0.29) is 0 Å². The van der Waals surface area contributed by atoms with Crippen LogP contribution in [0.2, 0.25) is 0 Å². The van der Waals surface area contributed by atoms with Gasteiger partial charge in [-0.2, -0.15) is 0 Å². The lowest BCUT2D eigenvalue weighted by molar-refractivity contribution is 0.252. The van der Waals surface area contributed by atoms with E-state index in [1.807, 2.05) is 7.05 Å². The van der Waals surface area contributed by atoms with E-state index in [0.717, 1.165) is 19.6 Å². The van der Waals surface area contributed by atoms with Gasteiger partial charge in [-0.15, -0.1) is 0 Å². The van der Waals surface area contributed by atoms with Gasteiger partial charge in [0.1, 0.15) is 0 Å². The number of hydrogen-bond acceptors (Lipinski definition) is 3. The summed E-state index contributed by atoms with van der Waals surface area (Å²) < 4.78 is 0. The second kappa shape index (κ2) is 6.35. The summed E-state index contributed by atoms with van der Waals surface area (Å²) in [5.41, 5.74) is 0. The molecule has 3 heteroatoms. The predicted octanol–water partition coefficient (Wildman–Crippen LogP) is 0.280. The highest BCUT2D eigenvalue weighted by atomic mass is 15.2. The van der Waals surface area contributed by atoms with Crippen molar-refractivity contribution in [3.63, 3.8) is 0 Å². The molecule has 1 aliphatic heterocycles. The molecule has 1 unspecified atom stereocenters. The van der Waals surface area contributed by atoms with Crippen LogP contribution >= 0.6 is 0 Å². The number of likely N-dealkylation sites (N-methyl/N-ethyl adjacent to an activating group) is 1. The minimum atomic E-state index is 0.708. The molecule has 0 saturated carbocycles. The van der Waals surface area contributed by atoms with Crippen molar-refractivity contribution in [2.75, 3.05) is 39.8 Å². The maximum Gasteiger partial charge on any atom is 0.0192 e. The van der Waals surface area contributed by atoms with Crippen LogP contribution in [0, 0.1) is 0 Å². The molecule has 1 heterocycles. The highest BCUT2D eigenvalue weighted by molar-refractivity contribution is 4.74. The molecule has 0 aromatic rings. The molecular weight excluding hydrogens is 162 g/mol. The van der Waals surface area contributed by atoms with E-state index in [4.69, 9.17) is 0 Å². The van der Waals surface area contributed by atoms with Crippen LogP contribution in [0.4, 0.5) is 0 Å². The number of nitrogens with one attached hydrogen (secondary N) is 2. The fourth-order valence-electron chi connectivity index (χ4n) is 1.84. The molecule has 1 rings (SSSR count). The fourth-order valence-corrected chi connectivity index (χ4v) is 1.84. The normalized spacial score (nSPS) is 20.8. The summed E-state index contributed by atoms with van der Waals surface area (Å²) in [7, 11) is 1.99. The molecule has 1 fully saturated rings. The van der Waals surface area contributed by atoms with Gasteiger partial charge in [-0.1, -0.05) is 0 Å². The molecule has 0 radical (unpaired) electrons. The van der Waals surface area contributed by atoms with Gasteiger partial charge >= 0.3 is 0 Å². The van der Waals surface area contributed by atoms with Crippen LogP contribution in [0.1, 0.15) is 19.8 Å². The average Bonchev–Trinajstić information content (AvgIpc) is 2.65. The minimum Gasteiger partial charge on any atom is -0.318 e. The van der Waals surface area contributed by atoms with E-state index >= 15 is 0 Å². The third-order valence-electron chi connectivity index (χ3n) is 2.76. The van der Waals surface area contributed by atoms with Crippen molar-refractivity contribution in [1.29, 1.82) is 0 Å². The van der Waals surface area contributed by atoms with Crippen LogP contribution in [0.15, 0.2) is 0 Å². The maximum atomic E-state index is 3.46. The third kappa shape index (κ3) is 4.07. The zero-order valence-electron chi connectivity index (χ0n) is 8.97. The smallest absolute Gasteiger partial charge is 0.0192 e. The molecule has 2 N–H and O–H groups in total. The zero-order chi connectivity index (χ0) is 9.52. The van der Waals surface area contributed by atoms with E-state index in [9.17, 15) is 0 Å². The topological polar surface area (TPSA) is 27.3 Å². The first-order chi connectivity index (χ1) is 6.34. The lowest BCUT2D eigenvalue weighted by Gasteiger charge is -2.23. The maximum absolute atomic E-state index is 3.46. The Kier molecular flexibility index (Phi) is 5.35. The highest BCUT2D eigenvalue weighted by Crippen LogP contribution is 2.10. The molecule has 78 valence electrons. The van der Waals surface area contributed by atoms with Crippen molar-refractivity contribution in [3.8, 4) is 0 Å². The second-order valence-corrected chi connectivity index (χ2v) is 3.90. The summed E-state index contributed by atoms with van der Waals surface area (Å²) in [6.45, 7) is 8.19. The van der Waals surface area contributed by atoms with E-state index < -0.39 is 0 Å². The zero-order valence-corrected chi connectivity index (χ0v) is 8.97. The predicted molar refractivity (Wildman–Crippen MR) is 57.1 cm³/mol. The van der Waals surface area contributed by atoms with Gasteiger partial charge in [-0.05, 0) is 39.9 Å². The largest absolute Gasteiger partial charge is 0.318 e. The Morgan fingerprint density at radius 3 is 2.54 bits per heavy atom. The molecule has 0 aromatic heterocycles. The Morgan fingerprint density at radius 2 is 1.92 bits per heavy atom. The molecular formula is C10H23N3. The van der Waals surface area contributed by atoms with Gasteiger partial charge in [0.05, 0.1) is 0 Å². The quantitative estimate of drug-likeness (QED) is 0.582. The molecule has 1 saturated heterocycles. The van der Waals surface area contributed by atoms with Crippen molar-refractivity contribution in [1.82, 2.24) is 15.5 Å². The van der Waals surface area contributed by atoms with Gasteiger partial charge in [0.15, 0.2) is 0 Å². The first-order valence-electron chi connectivity index (χ1n) is 5.44. The van der Waals surface area contributed by atoms with Gasteiger partial charge in [0.2, 0.25) is 0 Å². The first kappa shape index (κ1) is 11.0. The van der Waals surface area contributed by atoms with Gasteiger partial charge in [0.25, 0.3) is 0 Å². The fraction of sp³-hybridized carbons (Fsp3) is 1.00. The SMILES string of the molecule is CNCCNCC(C)N1CCCC1. The lowest BCUT2D eigenvalue weighted by Crippen LogP contribution is -2.40. The number of hydrogen-bond donors (Lipinski definition) is 2. The van der Waals surface area contributed by atoms with Crippen LogP contribution in [0.25, 0.3) is 0 Å². The van der Waals surface area contributed by atoms with Gasteiger partial charge in [-0.3, -0.25) is 4.90 Å². The Morgan fingerprint density at radius 1 is 1.23 bits per heavy atom. The summed E-state index contributed by atoms with van der Waals surface area (Å²) in [5, 5.41) is 6.59. The van der Waals surface area contributed by atoms with E-state index in [2.05, 4.69) is 22.5 Å². The number of rotatable bonds is 6. The summed E-state index contributed by atoms with van der Waals surface area (Å²) in [6, 6.07) is 0.708. The van der Waals surface area contributed by atoms with Gasteiger partial charge in [0, 0.05) is 25.7 Å². The summed E-state index contributed by atoms with van der Waals surface area (Å²) in [4.78, 5) is 2.58. The monoisotopic (exact) mass is 185 g/mol. The molecule has 1 atom stereocenters. The molecule has 0 aliphatic carbocycles.